The molecule has 1 spiro atoms. The normalized spacial score (nSPS) is 26.8. The number of likely N-dealkylation sites (tertiary alicyclic amines) is 1. The summed E-state index contributed by atoms with van der Waals surface area (Å²) in [5.41, 5.74) is 0.663. The first kappa shape index (κ1) is 18.3. The van der Waals surface area contributed by atoms with Crippen LogP contribution in [0.5, 0.6) is 0 Å². The number of rotatable bonds is 3. The first-order valence-corrected chi connectivity index (χ1v) is 10.3. The minimum absolute atomic E-state index is 0.227. The molecule has 1 amide bonds. The van der Waals surface area contributed by atoms with Crippen molar-refractivity contribution in [2.75, 3.05) is 24.5 Å². The lowest BCUT2D eigenvalue weighted by Crippen LogP contribution is -2.54. The second kappa shape index (κ2) is 7.13. The number of hydrogen-bond acceptors (Lipinski definition) is 4. The maximum atomic E-state index is 13.5. The quantitative estimate of drug-likeness (QED) is 0.883. The summed E-state index contributed by atoms with van der Waals surface area (Å²) in [4.78, 5) is 33.8. The van der Waals surface area contributed by atoms with Crippen molar-refractivity contribution in [3.05, 3.63) is 23.4 Å². The van der Waals surface area contributed by atoms with Gasteiger partial charge in [0, 0.05) is 31.4 Å². The van der Waals surface area contributed by atoms with E-state index in [1.54, 1.807) is 12.1 Å². The molecular formula is C21H29N3O3. The number of amides is 1. The molecule has 2 aliphatic heterocycles. The van der Waals surface area contributed by atoms with Crippen molar-refractivity contribution in [2.24, 2.45) is 5.41 Å². The molecule has 0 unspecified atom stereocenters. The fourth-order valence-electron chi connectivity index (χ4n) is 5.22. The molecule has 1 aliphatic carbocycles. The molecule has 0 bridgehead atoms. The Labute approximate surface area is 160 Å². The van der Waals surface area contributed by atoms with Gasteiger partial charge in [0.05, 0.1) is 5.41 Å². The Morgan fingerprint density at radius 3 is 2.67 bits per heavy atom. The monoisotopic (exact) mass is 371 g/mol. The topological polar surface area (TPSA) is 73.7 Å². The van der Waals surface area contributed by atoms with Crippen LogP contribution in [0.2, 0.25) is 0 Å². The van der Waals surface area contributed by atoms with Crippen LogP contribution < -0.4 is 4.90 Å². The van der Waals surface area contributed by atoms with Gasteiger partial charge in [0.2, 0.25) is 5.91 Å². The van der Waals surface area contributed by atoms with Crippen LogP contribution in [-0.2, 0) is 4.79 Å². The van der Waals surface area contributed by atoms with Crippen molar-refractivity contribution in [3.63, 3.8) is 0 Å². The molecule has 3 fully saturated rings. The lowest BCUT2D eigenvalue weighted by Gasteiger charge is -2.44. The molecule has 1 aromatic rings. The van der Waals surface area contributed by atoms with E-state index in [0.717, 1.165) is 44.3 Å². The molecule has 6 heteroatoms. The van der Waals surface area contributed by atoms with Crippen LogP contribution in [0.15, 0.2) is 12.1 Å². The second-order valence-electron chi connectivity index (χ2n) is 8.47. The van der Waals surface area contributed by atoms with Crippen LogP contribution in [-0.4, -0.2) is 52.5 Å². The molecular weight excluding hydrogens is 342 g/mol. The zero-order valence-electron chi connectivity index (χ0n) is 16.1. The van der Waals surface area contributed by atoms with Crippen molar-refractivity contribution in [1.29, 1.82) is 0 Å². The van der Waals surface area contributed by atoms with Gasteiger partial charge >= 0.3 is 5.97 Å². The SMILES string of the molecule is Cc1ccc(C(=O)O)c(N2CC[C@]3(CCCN(C4CCCCC4)C3=O)C2)n1. The third-order valence-electron chi connectivity index (χ3n) is 6.68. The maximum absolute atomic E-state index is 13.5. The summed E-state index contributed by atoms with van der Waals surface area (Å²) in [6, 6.07) is 3.77. The first-order valence-electron chi connectivity index (χ1n) is 10.3. The van der Waals surface area contributed by atoms with Gasteiger partial charge in [-0.1, -0.05) is 19.3 Å². The van der Waals surface area contributed by atoms with E-state index >= 15 is 0 Å². The summed E-state index contributed by atoms with van der Waals surface area (Å²) >= 11 is 0. The Balaban J connectivity index is 1.57. The highest BCUT2D eigenvalue weighted by molar-refractivity contribution is 5.94. The average molecular weight is 371 g/mol. The molecule has 1 aromatic heterocycles. The molecule has 6 nitrogen and oxygen atoms in total. The van der Waals surface area contributed by atoms with E-state index in [9.17, 15) is 14.7 Å². The van der Waals surface area contributed by atoms with Crippen molar-refractivity contribution in [3.8, 4) is 0 Å². The van der Waals surface area contributed by atoms with Crippen molar-refractivity contribution < 1.29 is 14.7 Å². The zero-order chi connectivity index (χ0) is 19.0. The molecule has 4 rings (SSSR count). The van der Waals surface area contributed by atoms with E-state index < -0.39 is 5.97 Å². The third kappa shape index (κ3) is 3.30. The number of carbonyl (C=O) groups is 2. The van der Waals surface area contributed by atoms with E-state index in [0.29, 0.717) is 30.9 Å². The molecule has 1 atom stereocenters. The Morgan fingerprint density at radius 1 is 1.15 bits per heavy atom. The number of aromatic nitrogens is 1. The van der Waals surface area contributed by atoms with Gasteiger partial charge in [-0.15, -0.1) is 0 Å². The Bertz CT molecular complexity index is 744. The van der Waals surface area contributed by atoms with E-state index in [1.165, 1.54) is 19.3 Å². The number of carbonyl (C=O) groups excluding carboxylic acids is 1. The van der Waals surface area contributed by atoms with E-state index in [2.05, 4.69) is 9.88 Å². The Morgan fingerprint density at radius 2 is 1.93 bits per heavy atom. The lowest BCUT2D eigenvalue weighted by atomic mass is 9.77. The molecule has 146 valence electrons. The summed E-state index contributed by atoms with van der Waals surface area (Å²) in [7, 11) is 0. The molecule has 3 heterocycles. The predicted octanol–water partition coefficient (Wildman–Crippen LogP) is 3.24. The van der Waals surface area contributed by atoms with Gasteiger partial charge in [-0.2, -0.15) is 0 Å². The molecule has 2 saturated heterocycles. The van der Waals surface area contributed by atoms with Gasteiger partial charge in [0.25, 0.3) is 0 Å². The largest absolute Gasteiger partial charge is 0.478 e. The van der Waals surface area contributed by atoms with E-state index in [1.807, 2.05) is 11.8 Å². The lowest BCUT2D eigenvalue weighted by molar-refractivity contribution is -0.148. The number of carboxylic acid groups (broad SMARTS) is 1. The first-order chi connectivity index (χ1) is 13.0. The highest BCUT2D eigenvalue weighted by Gasteiger charge is 2.50. The van der Waals surface area contributed by atoms with Gasteiger partial charge in [0.15, 0.2) is 0 Å². The number of pyridine rings is 1. The number of hydrogen-bond donors (Lipinski definition) is 1. The summed E-state index contributed by atoms with van der Waals surface area (Å²) in [6.45, 7) is 4.04. The predicted molar refractivity (Wildman–Crippen MR) is 103 cm³/mol. The number of nitrogens with zero attached hydrogens (tertiary/aromatic N) is 3. The Hall–Kier alpha value is -2.11. The smallest absolute Gasteiger partial charge is 0.339 e. The number of aromatic carboxylic acids is 1. The third-order valence-corrected chi connectivity index (χ3v) is 6.68. The van der Waals surface area contributed by atoms with Crippen LogP contribution in [0.25, 0.3) is 0 Å². The fraction of sp³-hybridized carbons (Fsp3) is 0.667. The summed E-state index contributed by atoms with van der Waals surface area (Å²) < 4.78 is 0. The minimum Gasteiger partial charge on any atom is -0.478 e. The number of anilines is 1. The molecule has 1 saturated carbocycles. The van der Waals surface area contributed by atoms with Gasteiger partial charge in [-0.3, -0.25) is 4.79 Å². The molecule has 3 aliphatic rings. The molecule has 27 heavy (non-hydrogen) atoms. The fourth-order valence-corrected chi connectivity index (χ4v) is 5.22. The van der Waals surface area contributed by atoms with Gasteiger partial charge in [-0.25, -0.2) is 9.78 Å². The zero-order valence-corrected chi connectivity index (χ0v) is 16.1. The van der Waals surface area contributed by atoms with Crippen LogP contribution >= 0.6 is 0 Å². The van der Waals surface area contributed by atoms with Crippen molar-refractivity contribution in [2.45, 2.75) is 64.3 Å². The summed E-state index contributed by atoms with van der Waals surface area (Å²) in [5, 5.41) is 9.54. The minimum atomic E-state index is -0.961. The van der Waals surface area contributed by atoms with E-state index in [-0.39, 0.29) is 11.0 Å². The summed E-state index contributed by atoms with van der Waals surface area (Å²) in [5.74, 6) is -0.146. The molecule has 0 radical (unpaired) electrons. The standard InChI is InChI=1S/C21H29N3O3/c1-15-8-9-17(19(25)26)18(22-15)23-13-11-21(14-23)10-5-12-24(20(21)27)16-6-3-2-4-7-16/h8-9,16H,2-7,10-14H2,1H3,(H,25,26)/t21-/m1/s1. The molecule has 0 aromatic carbocycles. The van der Waals surface area contributed by atoms with Crippen LogP contribution in [0.3, 0.4) is 0 Å². The van der Waals surface area contributed by atoms with E-state index in [4.69, 9.17) is 0 Å². The van der Waals surface area contributed by atoms with Crippen molar-refractivity contribution >= 4 is 17.7 Å². The number of aryl methyl sites for hydroxylation is 1. The highest BCUT2D eigenvalue weighted by Crippen LogP contribution is 2.43. The number of piperidine rings is 1. The van der Waals surface area contributed by atoms with Crippen LogP contribution in [0, 0.1) is 12.3 Å². The maximum Gasteiger partial charge on any atom is 0.339 e. The average Bonchev–Trinajstić information content (AvgIpc) is 3.09. The van der Waals surface area contributed by atoms with Gasteiger partial charge < -0.3 is 14.9 Å². The number of carboxylic acids is 1. The summed E-state index contributed by atoms with van der Waals surface area (Å²) in [6.07, 6.45) is 8.74. The highest BCUT2D eigenvalue weighted by atomic mass is 16.4. The van der Waals surface area contributed by atoms with Crippen LogP contribution in [0.1, 0.15) is 67.4 Å². The second-order valence-corrected chi connectivity index (χ2v) is 8.47. The Kier molecular flexibility index (Phi) is 4.82. The van der Waals surface area contributed by atoms with Crippen LogP contribution in [0.4, 0.5) is 5.82 Å². The molecule has 1 N–H and O–H groups in total. The van der Waals surface area contributed by atoms with Gasteiger partial charge in [0.1, 0.15) is 11.4 Å². The van der Waals surface area contributed by atoms with Gasteiger partial charge in [-0.05, 0) is 51.2 Å². The van der Waals surface area contributed by atoms with Crippen molar-refractivity contribution in [1.82, 2.24) is 9.88 Å².